The quantitative estimate of drug-likeness (QED) is 0.378. The van der Waals surface area contributed by atoms with Gasteiger partial charge in [0.1, 0.15) is 0 Å². The van der Waals surface area contributed by atoms with Gasteiger partial charge in [0.2, 0.25) is 0 Å². The Morgan fingerprint density at radius 2 is 2.60 bits per heavy atom. The van der Waals surface area contributed by atoms with E-state index >= 15 is 0 Å². The Balaban J connectivity index is 2.40. The third kappa shape index (κ3) is 3.96. The van der Waals surface area contributed by atoms with Gasteiger partial charge in [-0.2, -0.15) is 0 Å². The van der Waals surface area contributed by atoms with Crippen LogP contribution in [0.15, 0.2) is 0 Å². The first kappa shape index (κ1) is 4.96. The van der Waals surface area contributed by atoms with Gasteiger partial charge in [0.15, 0.2) is 0 Å². The van der Waals surface area contributed by atoms with Gasteiger partial charge in [-0.1, -0.05) is 0 Å². The Morgan fingerprint density at radius 1 is 2.00 bits per heavy atom. The fourth-order valence-electron chi connectivity index (χ4n) is 0.118. The molecule has 0 N–H and O–H groups in total. The van der Waals surface area contributed by atoms with Crippen molar-refractivity contribution < 1.29 is 4.65 Å². The zero-order valence-corrected chi connectivity index (χ0v) is 3.40. The molecule has 0 saturated carbocycles. The summed E-state index contributed by atoms with van der Waals surface area (Å²) in [7, 11) is 2.29. The first-order chi connectivity index (χ1) is 2.41. The Bertz CT molecular complexity index is 28.8. The van der Waals surface area contributed by atoms with Crippen molar-refractivity contribution in [3.8, 4) is 0 Å². The Labute approximate surface area is 33.5 Å². The molecule has 0 aliphatic rings. The van der Waals surface area contributed by atoms with Crippen molar-refractivity contribution in [2.75, 3.05) is 7.11 Å². The van der Waals surface area contributed by atoms with Crippen LogP contribution in [0, 0.1) is 0 Å². The van der Waals surface area contributed by atoms with Crippen LogP contribution in [0.5, 0.6) is 0 Å². The molecular formula is C2H6B2O. The van der Waals surface area contributed by atoms with Gasteiger partial charge < -0.3 is 0 Å². The minimum atomic E-state index is 0.653. The van der Waals surface area contributed by atoms with E-state index in [2.05, 4.69) is 11.1 Å². The standard InChI is InChI=1S/C2H6B2O/c1-3-4-5-2/h4H,1H2,2H3. The van der Waals surface area contributed by atoms with Gasteiger partial charge in [-0.05, 0) is 0 Å². The zero-order valence-electron chi connectivity index (χ0n) is 3.40. The second kappa shape index (κ2) is 3.96. The molecule has 0 unspecified atom stereocenters. The van der Waals surface area contributed by atoms with Crippen LogP contribution in [0.25, 0.3) is 0 Å². The van der Waals surface area contributed by atoms with Crippen molar-refractivity contribution in [1.29, 1.82) is 0 Å². The predicted molar refractivity (Wildman–Crippen MR) is 27.0 cm³/mol. The van der Waals surface area contributed by atoms with Gasteiger partial charge in [-0.25, -0.2) is 0 Å². The average molecular weight is 67.7 g/mol. The summed E-state index contributed by atoms with van der Waals surface area (Å²) in [5.74, 6) is 0. The van der Waals surface area contributed by atoms with Crippen molar-refractivity contribution >= 4 is 20.7 Å². The average Bonchev–Trinajstić information content (AvgIpc) is 1.41. The van der Waals surface area contributed by atoms with Crippen molar-refractivity contribution in [3.63, 3.8) is 0 Å². The topological polar surface area (TPSA) is 9.23 Å². The monoisotopic (exact) mass is 68.1 g/mol. The van der Waals surface area contributed by atoms with E-state index in [1.807, 2.05) is 0 Å². The van der Waals surface area contributed by atoms with Crippen LogP contribution in [0.1, 0.15) is 0 Å². The second-order valence-corrected chi connectivity index (χ2v) is 0.744. The van der Waals surface area contributed by atoms with Gasteiger partial charge in [-0.3, -0.25) is 0 Å². The third-order valence-corrected chi connectivity index (χ3v) is 0.285. The van der Waals surface area contributed by atoms with Crippen molar-refractivity contribution in [2.24, 2.45) is 0 Å². The maximum atomic E-state index is 4.57. The summed E-state index contributed by atoms with van der Waals surface area (Å²) < 4.78 is 4.57. The van der Waals surface area contributed by atoms with Crippen LogP contribution in [0.4, 0.5) is 0 Å². The molecule has 0 rings (SSSR count). The summed E-state index contributed by atoms with van der Waals surface area (Å²) in [6, 6.07) is 0. The number of hydrogen-bond donors (Lipinski definition) is 0. The summed E-state index contributed by atoms with van der Waals surface area (Å²) >= 11 is 0. The molecule has 0 amide bonds. The SMILES string of the molecule is C=BBOC. The Morgan fingerprint density at radius 3 is 2.60 bits per heavy atom. The van der Waals surface area contributed by atoms with E-state index in [9.17, 15) is 0 Å². The molecule has 0 aromatic heterocycles. The summed E-state index contributed by atoms with van der Waals surface area (Å²) in [6.07, 6.45) is 0. The summed E-state index contributed by atoms with van der Waals surface area (Å²) in [6.45, 7) is 5.13. The fraction of sp³-hybridized carbons (Fsp3) is 0.500. The molecule has 0 radical (unpaired) electrons. The molecule has 1 nitrogen and oxygen atoms in total. The van der Waals surface area contributed by atoms with Crippen LogP contribution in [0.2, 0.25) is 0 Å². The summed E-state index contributed by atoms with van der Waals surface area (Å²) in [5.41, 5.74) is 0. The summed E-state index contributed by atoms with van der Waals surface area (Å²) in [5, 5.41) is 0. The molecule has 0 bridgehead atoms. The van der Waals surface area contributed by atoms with E-state index in [1.54, 1.807) is 13.9 Å². The molecule has 26 valence electrons. The normalized spacial score (nSPS) is 5.80. The molecule has 0 spiro atoms. The first-order valence-corrected chi connectivity index (χ1v) is 1.51. The Kier molecular flexibility index (Phi) is 3.93. The van der Waals surface area contributed by atoms with Crippen LogP contribution in [0.3, 0.4) is 0 Å². The molecule has 0 aromatic rings. The van der Waals surface area contributed by atoms with Gasteiger partial charge in [0, 0.05) is 0 Å². The molecule has 0 aliphatic carbocycles. The van der Waals surface area contributed by atoms with Crippen molar-refractivity contribution in [2.45, 2.75) is 0 Å². The van der Waals surface area contributed by atoms with Gasteiger partial charge in [-0.15, -0.1) is 0 Å². The number of hydrogen-bond acceptors (Lipinski definition) is 1. The van der Waals surface area contributed by atoms with Gasteiger partial charge >= 0.3 is 32.4 Å². The molecule has 0 fully saturated rings. The fourth-order valence-corrected chi connectivity index (χ4v) is 0.118. The molecule has 0 saturated heterocycles. The third-order valence-electron chi connectivity index (χ3n) is 0.285. The van der Waals surface area contributed by atoms with Crippen LogP contribution < -0.4 is 0 Å². The van der Waals surface area contributed by atoms with E-state index in [0.717, 1.165) is 0 Å². The van der Waals surface area contributed by atoms with Crippen LogP contribution >= 0.6 is 0 Å². The number of rotatable bonds is 2. The first-order valence-electron chi connectivity index (χ1n) is 1.51. The predicted octanol–water partition coefficient (Wildman–Crippen LogP) is -0.965. The molecule has 0 aliphatic heterocycles. The van der Waals surface area contributed by atoms with E-state index in [-0.39, 0.29) is 0 Å². The van der Waals surface area contributed by atoms with E-state index in [0.29, 0.717) is 7.37 Å². The zero-order chi connectivity index (χ0) is 4.12. The molecule has 0 atom stereocenters. The van der Waals surface area contributed by atoms with Gasteiger partial charge in [0.05, 0.1) is 0 Å². The van der Waals surface area contributed by atoms with E-state index in [4.69, 9.17) is 0 Å². The minimum absolute atomic E-state index is 0.653. The maximum absolute atomic E-state index is 4.57. The van der Waals surface area contributed by atoms with Crippen LogP contribution in [-0.2, 0) is 4.65 Å². The molecule has 0 aromatic carbocycles. The molecular weight excluding hydrogens is 61.6 g/mol. The Hall–Kier alpha value is -0.0401. The van der Waals surface area contributed by atoms with E-state index < -0.39 is 0 Å². The van der Waals surface area contributed by atoms with Crippen molar-refractivity contribution in [3.05, 3.63) is 0 Å². The second-order valence-electron chi connectivity index (χ2n) is 0.744. The van der Waals surface area contributed by atoms with E-state index in [1.165, 1.54) is 0 Å². The summed E-state index contributed by atoms with van der Waals surface area (Å²) in [4.78, 5) is 0. The molecule has 5 heavy (non-hydrogen) atoms. The van der Waals surface area contributed by atoms with Gasteiger partial charge in [0.25, 0.3) is 0 Å². The van der Waals surface area contributed by atoms with Crippen LogP contribution in [-0.4, -0.2) is 27.8 Å². The molecule has 3 heteroatoms. The molecule has 0 heterocycles. The van der Waals surface area contributed by atoms with Crippen molar-refractivity contribution in [1.82, 2.24) is 0 Å².